The molecule has 2 aliphatic carbocycles. The predicted octanol–water partition coefficient (Wildman–Crippen LogP) is 11.1. The summed E-state index contributed by atoms with van der Waals surface area (Å²) in [5.74, 6) is 0. The smallest absolute Gasteiger partial charge is 1.00 e. The van der Waals surface area contributed by atoms with Crippen molar-refractivity contribution in [1.29, 1.82) is 0 Å². The summed E-state index contributed by atoms with van der Waals surface area (Å²) < 4.78 is 3.75. The molecule has 0 aliphatic heterocycles. The Morgan fingerprint density at radius 2 is 0.779 bits per heavy atom. The Balaban J connectivity index is 0.00000312. The fraction of sp³-hybridized carbons (Fsp3) is 0.185. The molecule has 0 saturated carbocycles. The van der Waals surface area contributed by atoms with Crippen molar-refractivity contribution in [2.75, 3.05) is 0 Å². The minimum absolute atomic E-state index is 0. The van der Waals surface area contributed by atoms with Crippen molar-refractivity contribution in [3.63, 3.8) is 0 Å². The second kappa shape index (κ2) is 20.7. The molecule has 338 valence electrons. The minimum Gasteiger partial charge on any atom is -1.00 e. The summed E-state index contributed by atoms with van der Waals surface area (Å²) in [7, 11) is 0. The van der Waals surface area contributed by atoms with Crippen LogP contribution in [0.1, 0.15) is 85.0 Å². The first-order valence-electron chi connectivity index (χ1n) is 23.8. The molecule has 0 bridgehead atoms. The number of fused-ring (bicyclic) bond motifs is 3. The van der Waals surface area contributed by atoms with Gasteiger partial charge in [0.25, 0.3) is 0 Å². The largest absolute Gasteiger partial charge is 1.00 e. The standard InChI is InChI=1S/C33H33.C27H22.C5H5.2ClH.Zr/c1-32(2,3)30-20-26-24(18-28(30)22-13-9-7-10-14-22)17-25-19-29(23-15-11-8-12-16-23)31(21-27(25)26)33(4,5)6;1-3-10-24(11-4-1)26-18-14-22(15-19-26)8-7-9-23-16-20-27(21-17-23)25-12-5-2-6-13-25;1-2-4-5-3-1;;;/h7-21H,1-6H3;1-6,10-21H,8-9H2;1-3H,4H2;2*1H;/q;;;;;+2/p-2. The van der Waals surface area contributed by atoms with Crippen LogP contribution >= 0.6 is 0 Å². The Bertz CT molecular complexity index is 2920. The maximum absolute atomic E-state index is 2.95. The molecular weight excluding hydrogens is 943 g/mol. The fourth-order valence-corrected chi connectivity index (χ4v) is 19.7. The second-order valence-electron chi connectivity index (χ2n) is 20.5. The van der Waals surface area contributed by atoms with Crippen LogP contribution in [0.3, 0.4) is 0 Å². The monoisotopic (exact) mass is 1000 g/mol. The van der Waals surface area contributed by atoms with Gasteiger partial charge in [0.2, 0.25) is 0 Å². The van der Waals surface area contributed by atoms with Crippen molar-refractivity contribution in [3.05, 3.63) is 249 Å². The van der Waals surface area contributed by atoms with Crippen LogP contribution in [0, 0.1) is 0 Å². The molecule has 0 fully saturated rings. The van der Waals surface area contributed by atoms with E-state index >= 15 is 0 Å². The maximum Gasteiger partial charge on any atom is -1.00 e. The third-order valence-corrected chi connectivity index (χ3v) is 22.1. The van der Waals surface area contributed by atoms with E-state index in [9.17, 15) is 0 Å². The van der Waals surface area contributed by atoms with Gasteiger partial charge in [-0.2, -0.15) is 0 Å². The van der Waals surface area contributed by atoms with Crippen LogP contribution in [-0.4, -0.2) is 3.21 Å². The number of halogens is 2. The van der Waals surface area contributed by atoms with E-state index in [2.05, 4.69) is 254 Å². The first kappa shape index (κ1) is 49.0. The van der Waals surface area contributed by atoms with Crippen molar-refractivity contribution in [2.45, 2.75) is 75.3 Å². The Hall–Kier alpha value is -5.43. The van der Waals surface area contributed by atoms with Gasteiger partial charge in [-0.1, -0.05) is 0 Å². The molecule has 8 aromatic carbocycles. The minimum atomic E-state index is -2.95. The van der Waals surface area contributed by atoms with E-state index in [1.165, 1.54) is 89.0 Å². The van der Waals surface area contributed by atoms with Crippen LogP contribution in [0.15, 0.2) is 216 Å². The fourth-order valence-electron chi connectivity index (χ4n) is 10.5. The van der Waals surface area contributed by atoms with Gasteiger partial charge in [0, 0.05) is 0 Å². The number of hydrogen-bond acceptors (Lipinski definition) is 0. The van der Waals surface area contributed by atoms with Crippen molar-refractivity contribution in [1.82, 2.24) is 0 Å². The molecule has 68 heavy (non-hydrogen) atoms. The van der Waals surface area contributed by atoms with Gasteiger partial charge >= 0.3 is 404 Å². The molecule has 0 atom stereocenters. The average Bonchev–Trinajstić information content (AvgIpc) is 3.98. The molecule has 0 heterocycles. The van der Waals surface area contributed by atoms with E-state index in [4.69, 9.17) is 0 Å². The van der Waals surface area contributed by atoms with Crippen LogP contribution in [0.5, 0.6) is 0 Å². The number of rotatable bonds is 10. The van der Waals surface area contributed by atoms with Crippen LogP contribution in [0.4, 0.5) is 0 Å². The molecule has 0 saturated heterocycles. The van der Waals surface area contributed by atoms with Crippen LogP contribution in [0.25, 0.3) is 55.6 Å². The zero-order valence-corrected chi connectivity index (χ0v) is 44.1. The zero-order valence-electron chi connectivity index (χ0n) is 40.2. The second-order valence-corrected chi connectivity index (χ2v) is 27.2. The summed E-state index contributed by atoms with van der Waals surface area (Å²) in [6, 6.07) is 73.6. The van der Waals surface area contributed by atoms with Gasteiger partial charge in [-0.15, -0.1) is 0 Å². The Kier molecular flexibility index (Phi) is 14.9. The third-order valence-electron chi connectivity index (χ3n) is 13.8. The van der Waals surface area contributed by atoms with Gasteiger partial charge < -0.3 is 24.8 Å². The number of hydrogen-bond donors (Lipinski definition) is 0. The van der Waals surface area contributed by atoms with E-state index < -0.39 is 21.3 Å². The summed E-state index contributed by atoms with van der Waals surface area (Å²) in [5.41, 5.74) is 21.8. The quantitative estimate of drug-likeness (QED) is 0.128. The van der Waals surface area contributed by atoms with E-state index in [0.717, 1.165) is 19.3 Å². The average molecular weight is 1000 g/mol. The third kappa shape index (κ3) is 10.1. The molecule has 0 spiro atoms. The molecule has 8 aromatic rings. The zero-order chi connectivity index (χ0) is 45.4. The Morgan fingerprint density at radius 1 is 0.426 bits per heavy atom. The Labute approximate surface area is 425 Å². The number of benzene rings is 8. The molecule has 10 rings (SSSR count). The molecule has 0 unspecified atom stereocenters. The van der Waals surface area contributed by atoms with Gasteiger partial charge in [-0.25, -0.2) is 0 Å². The molecule has 0 N–H and O–H groups in total. The van der Waals surface area contributed by atoms with Crippen LogP contribution < -0.4 is 24.8 Å². The van der Waals surface area contributed by atoms with Crippen LogP contribution in [-0.2, 0) is 44.9 Å². The molecule has 3 heteroatoms. The van der Waals surface area contributed by atoms with Gasteiger partial charge in [0.15, 0.2) is 0 Å². The maximum atomic E-state index is 2.67. The first-order chi connectivity index (χ1) is 32.0. The topological polar surface area (TPSA) is 0 Å². The summed E-state index contributed by atoms with van der Waals surface area (Å²) in [6.07, 6.45) is 10.3. The Morgan fingerprint density at radius 3 is 1.12 bits per heavy atom. The molecule has 0 radical (unpaired) electrons. The summed E-state index contributed by atoms with van der Waals surface area (Å²) in [5, 5.41) is 0. The molecule has 0 nitrogen and oxygen atoms in total. The van der Waals surface area contributed by atoms with Gasteiger partial charge in [-0.3, -0.25) is 0 Å². The van der Waals surface area contributed by atoms with E-state index in [1.54, 1.807) is 6.49 Å². The molecule has 0 aromatic heterocycles. The van der Waals surface area contributed by atoms with Crippen molar-refractivity contribution in [3.8, 4) is 55.6 Å². The van der Waals surface area contributed by atoms with E-state index in [-0.39, 0.29) is 35.6 Å². The van der Waals surface area contributed by atoms with Crippen molar-refractivity contribution in [2.24, 2.45) is 0 Å². The molecule has 0 amide bonds. The van der Waals surface area contributed by atoms with Crippen molar-refractivity contribution >= 4 is 3.21 Å². The molecule has 2 aliphatic rings. The van der Waals surface area contributed by atoms with E-state index in [1.807, 2.05) is 0 Å². The van der Waals surface area contributed by atoms with E-state index in [0.29, 0.717) is 3.63 Å². The SMILES string of the molecule is CC(C)(C)c1cc2c(cc1-c1ccccc1)[CH]([Zr+2]([C]1=CC=CC1)=[C](Cc1ccc(-c3ccccc3)cc1)Cc1ccc(-c3ccccc3)cc1)c1cc(-c3ccccc3)c(C(C)(C)C)cc1-2.[Cl-].[Cl-]. The van der Waals surface area contributed by atoms with Crippen LogP contribution in [0.2, 0.25) is 0 Å². The number of allylic oxidation sites excluding steroid dienone is 4. The normalized spacial score (nSPS) is 12.8. The summed E-state index contributed by atoms with van der Waals surface area (Å²) in [6.45, 7) is 14.3. The summed E-state index contributed by atoms with van der Waals surface area (Å²) >= 11 is -2.95. The van der Waals surface area contributed by atoms with Crippen molar-refractivity contribution < 1.29 is 46.1 Å². The van der Waals surface area contributed by atoms with Gasteiger partial charge in [0.05, 0.1) is 0 Å². The van der Waals surface area contributed by atoms with Gasteiger partial charge in [-0.05, 0) is 0 Å². The first-order valence-corrected chi connectivity index (χ1v) is 27.7. The summed E-state index contributed by atoms with van der Waals surface area (Å²) in [4.78, 5) is 0. The predicted molar refractivity (Wildman–Crippen MR) is 280 cm³/mol. The molecular formula is C65H60Cl2Zr. The van der Waals surface area contributed by atoms with Gasteiger partial charge in [0.1, 0.15) is 0 Å².